The molecule has 0 atom stereocenters. The van der Waals surface area contributed by atoms with Gasteiger partial charge in [-0.15, -0.1) is 11.3 Å². The van der Waals surface area contributed by atoms with Gasteiger partial charge in [-0.05, 0) is 37.0 Å². The van der Waals surface area contributed by atoms with Crippen molar-refractivity contribution in [3.63, 3.8) is 0 Å². The van der Waals surface area contributed by atoms with Crippen LogP contribution in [0.4, 0.5) is 5.00 Å². The van der Waals surface area contributed by atoms with Gasteiger partial charge in [0.05, 0.1) is 11.1 Å². The van der Waals surface area contributed by atoms with E-state index in [4.69, 9.17) is 16.3 Å². The molecular weight excluding hydrogens is 350 g/mol. The van der Waals surface area contributed by atoms with E-state index in [0.29, 0.717) is 10.6 Å². The minimum Gasteiger partial charge on any atom is -0.452 e. The van der Waals surface area contributed by atoms with E-state index in [1.165, 1.54) is 23.6 Å². The number of thiophene rings is 1. The van der Waals surface area contributed by atoms with Crippen LogP contribution in [0.15, 0.2) is 18.3 Å². The van der Waals surface area contributed by atoms with Crippen LogP contribution in [0.2, 0.25) is 5.15 Å². The van der Waals surface area contributed by atoms with Gasteiger partial charge in [0.15, 0.2) is 6.61 Å². The van der Waals surface area contributed by atoms with Crippen molar-refractivity contribution in [2.24, 2.45) is 0 Å². The lowest BCUT2D eigenvalue weighted by molar-refractivity contribution is -0.119. The molecule has 1 aliphatic rings. The predicted molar refractivity (Wildman–Crippen MR) is 89.2 cm³/mol. The van der Waals surface area contributed by atoms with Gasteiger partial charge in [-0.25, -0.2) is 9.78 Å². The number of nitrogens with one attached hydrogen (secondary N) is 1. The van der Waals surface area contributed by atoms with Crippen LogP contribution in [0.25, 0.3) is 0 Å². The standard InChI is InChI=1S/C16H12ClN3O3S/c17-14-10(4-2-6-19-14)16(22)23-8-13(21)20-15-11(7-18)9-3-1-5-12(9)24-15/h2,4,6H,1,3,5,8H2,(H,20,21). The summed E-state index contributed by atoms with van der Waals surface area (Å²) < 4.78 is 4.94. The van der Waals surface area contributed by atoms with E-state index >= 15 is 0 Å². The molecule has 3 rings (SSSR count). The second-order valence-electron chi connectivity index (χ2n) is 5.14. The number of pyridine rings is 1. The van der Waals surface area contributed by atoms with E-state index < -0.39 is 18.5 Å². The third-order valence-corrected chi connectivity index (χ3v) is 5.11. The highest BCUT2D eigenvalue weighted by molar-refractivity contribution is 7.16. The molecule has 2 heterocycles. The highest BCUT2D eigenvalue weighted by Crippen LogP contribution is 2.38. The number of esters is 1. The number of aromatic nitrogens is 1. The number of halogens is 1. The molecule has 0 saturated heterocycles. The van der Waals surface area contributed by atoms with Crippen LogP contribution >= 0.6 is 22.9 Å². The molecule has 0 aromatic carbocycles. The zero-order valence-corrected chi connectivity index (χ0v) is 14.0. The molecule has 24 heavy (non-hydrogen) atoms. The monoisotopic (exact) mass is 361 g/mol. The van der Waals surface area contributed by atoms with E-state index in [0.717, 1.165) is 29.7 Å². The van der Waals surface area contributed by atoms with Gasteiger partial charge < -0.3 is 10.1 Å². The Bertz CT molecular complexity index is 857. The molecule has 6 nitrogen and oxygen atoms in total. The van der Waals surface area contributed by atoms with Crippen molar-refractivity contribution in [1.29, 1.82) is 5.26 Å². The molecule has 0 bridgehead atoms. The third-order valence-electron chi connectivity index (χ3n) is 3.60. The Balaban J connectivity index is 1.62. The minimum absolute atomic E-state index is 0.0179. The molecule has 0 fully saturated rings. The molecule has 0 unspecified atom stereocenters. The first-order valence-corrected chi connectivity index (χ1v) is 8.41. The lowest BCUT2D eigenvalue weighted by atomic mass is 10.1. The Kier molecular flexibility index (Phi) is 4.79. The van der Waals surface area contributed by atoms with Crippen LogP contribution in [0.1, 0.15) is 32.8 Å². The lowest BCUT2D eigenvalue weighted by Gasteiger charge is -2.06. The van der Waals surface area contributed by atoms with Crippen molar-refractivity contribution >= 4 is 39.8 Å². The molecule has 1 aliphatic carbocycles. The number of hydrogen-bond acceptors (Lipinski definition) is 6. The summed E-state index contributed by atoms with van der Waals surface area (Å²) in [6.07, 6.45) is 4.27. The van der Waals surface area contributed by atoms with Gasteiger partial charge >= 0.3 is 5.97 Å². The molecule has 1 N–H and O–H groups in total. The second-order valence-corrected chi connectivity index (χ2v) is 6.60. The summed E-state index contributed by atoms with van der Waals surface area (Å²) in [6, 6.07) is 5.16. The number of aryl methyl sites for hydroxylation is 1. The van der Waals surface area contributed by atoms with E-state index in [2.05, 4.69) is 16.4 Å². The van der Waals surface area contributed by atoms with Gasteiger partial charge in [-0.1, -0.05) is 11.6 Å². The smallest absolute Gasteiger partial charge is 0.341 e. The van der Waals surface area contributed by atoms with Crippen LogP contribution in [0.5, 0.6) is 0 Å². The van der Waals surface area contributed by atoms with Gasteiger partial charge in [-0.3, -0.25) is 4.79 Å². The van der Waals surface area contributed by atoms with Crippen molar-refractivity contribution in [1.82, 2.24) is 4.98 Å². The molecule has 0 radical (unpaired) electrons. The maximum Gasteiger partial charge on any atom is 0.341 e. The number of anilines is 1. The normalized spacial score (nSPS) is 12.3. The van der Waals surface area contributed by atoms with E-state index in [9.17, 15) is 14.9 Å². The summed E-state index contributed by atoms with van der Waals surface area (Å²) in [4.78, 5) is 28.8. The maximum absolute atomic E-state index is 12.0. The van der Waals surface area contributed by atoms with Crippen molar-refractivity contribution in [2.45, 2.75) is 19.3 Å². The van der Waals surface area contributed by atoms with Crippen LogP contribution in [0, 0.1) is 11.3 Å². The fourth-order valence-electron chi connectivity index (χ4n) is 2.52. The topological polar surface area (TPSA) is 92.1 Å². The maximum atomic E-state index is 12.0. The van der Waals surface area contributed by atoms with Crippen molar-refractivity contribution in [3.8, 4) is 6.07 Å². The number of carbonyl (C=O) groups is 2. The van der Waals surface area contributed by atoms with Gasteiger partial charge in [0, 0.05) is 11.1 Å². The van der Waals surface area contributed by atoms with Gasteiger partial charge in [0.2, 0.25) is 0 Å². The summed E-state index contributed by atoms with van der Waals surface area (Å²) in [5.74, 6) is -1.22. The molecule has 0 spiro atoms. The van der Waals surface area contributed by atoms with Gasteiger partial charge in [0.25, 0.3) is 5.91 Å². The molecular formula is C16H12ClN3O3S. The lowest BCUT2D eigenvalue weighted by Crippen LogP contribution is -2.21. The largest absolute Gasteiger partial charge is 0.452 e. The van der Waals surface area contributed by atoms with E-state index in [-0.39, 0.29) is 10.7 Å². The average molecular weight is 362 g/mol. The second kappa shape index (κ2) is 6.99. The number of ether oxygens (including phenoxy) is 1. The van der Waals surface area contributed by atoms with Crippen LogP contribution in [-0.2, 0) is 22.4 Å². The summed E-state index contributed by atoms with van der Waals surface area (Å²) in [6.45, 7) is -0.461. The number of hydrogen-bond donors (Lipinski definition) is 1. The number of nitrogens with zero attached hydrogens (tertiary/aromatic N) is 2. The average Bonchev–Trinajstić information content (AvgIpc) is 3.13. The number of nitriles is 1. The summed E-state index contributed by atoms with van der Waals surface area (Å²) in [5.41, 5.74) is 1.64. The fraction of sp³-hybridized carbons (Fsp3) is 0.250. The zero-order chi connectivity index (χ0) is 17.1. The SMILES string of the molecule is N#Cc1c(NC(=O)COC(=O)c2cccnc2Cl)sc2c1CCC2. The number of fused-ring (bicyclic) bond motifs is 1. The Labute approximate surface area is 147 Å². The molecule has 122 valence electrons. The van der Waals surface area contributed by atoms with Crippen LogP contribution < -0.4 is 5.32 Å². The number of amides is 1. The predicted octanol–water partition coefficient (Wildman–Crippen LogP) is 2.95. The molecule has 0 saturated carbocycles. The first kappa shape index (κ1) is 16.4. The Hall–Kier alpha value is -2.43. The zero-order valence-electron chi connectivity index (χ0n) is 12.5. The van der Waals surface area contributed by atoms with Crippen LogP contribution in [-0.4, -0.2) is 23.5 Å². The Morgan fingerprint density at radius 3 is 3.04 bits per heavy atom. The summed E-state index contributed by atoms with van der Waals surface area (Å²) in [5, 5.41) is 12.5. The van der Waals surface area contributed by atoms with Crippen LogP contribution in [0.3, 0.4) is 0 Å². The summed E-state index contributed by atoms with van der Waals surface area (Å²) in [7, 11) is 0. The number of carbonyl (C=O) groups excluding carboxylic acids is 2. The molecule has 2 aromatic rings. The van der Waals surface area contributed by atoms with Gasteiger partial charge in [0.1, 0.15) is 16.2 Å². The quantitative estimate of drug-likeness (QED) is 0.667. The summed E-state index contributed by atoms with van der Waals surface area (Å²) >= 11 is 7.21. The Morgan fingerprint density at radius 2 is 2.29 bits per heavy atom. The first-order chi connectivity index (χ1) is 11.6. The Morgan fingerprint density at radius 1 is 1.46 bits per heavy atom. The van der Waals surface area contributed by atoms with E-state index in [1.807, 2.05) is 0 Å². The third kappa shape index (κ3) is 3.25. The molecule has 0 aliphatic heterocycles. The van der Waals surface area contributed by atoms with Crippen molar-refractivity contribution in [2.75, 3.05) is 11.9 Å². The van der Waals surface area contributed by atoms with E-state index in [1.54, 1.807) is 6.07 Å². The molecule has 1 amide bonds. The fourth-order valence-corrected chi connectivity index (χ4v) is 3.97. The first-order valence-electron chi connectivity index (χ1n) is 7.22. The highest BCUT2D eigenvalue weighted by atomic mass is 35.5. The minimum atomic E-state index is -0.725. The molecule has 8 heteroatoms. The van der Waals surface area contributed by atoms with Crippen molar-refractivity contribution in [3.05, 3.63) is 45.1 Å². The number of rotatable bonds is 4. The molecule has 2 aromatic heterocycles. The van der Waals surface area contributed by atoms with Gasteiger partial charge in [-0.2, -0.15) is 5.26 Å². The highest BCUT2D eigenvalue weighted by Gasteiger charge is 2.23. The van der Waals surface area contributed by atoms with Crippen molar-refractivity contribution < 1.29 is 14.3 Å².